The first kappa shape index (κ1) is 16.1. The number of aromatic hydroxyl groups is 1. The van der Waals surface area contributed by atoms with Gasteiger partial charge in [-0.1, -0.05) is 26.0 Å². The van der Waals surface area contributed by atoms with Gasteiger partial charge in [-0.2, -0.15) is 0 Å². The van der Waals surface area contributed by atoms with Gasteiger partial charge in [0.15, 0.2) is 11.5 Å². The normalized spacial score (nSPS) is 17.3. The molecule has 4 nitrogen and oxygen atoms in total. The number of hydrogen-bond donors (Lipinski definition) is 1. The molecule has 1 aromatic rings. The number of ether oxygens (including phenoxy) is 1. The van der Waals surface area contributed by atoms with Crippen LogP contribution in [0.5, 0.6) is 11.5 Å². The molecule has 4 heteroatoms. The molecule has 1 aliphatic rings. The summed E-state index contributed by atoms with van der Waals surface area (Å²) in [5.41, 5.74) is 0.957. The fourth-order valence-corrected chi connectivity index (χ4v) is 2.85. The van der Waals surface area contributed by atoms with Crippen LogP contribution in [0.15, 0.2) is 18.2 Å². The van der Waals surface area contributed by atoms with Gasteiger partial charge in [-0.05, 0) is 18.9 Å². The van der Waals surface area contributed by atoms with Crippen molar-refractivity contribution in [3.05, 3.63) is 23.8 Å². The second-order valence-corrected chi connectivity index (χ2v) is 6.17. The zero-order valence-electron chi connectivity index (χ0n) is 13.5. The maximum atomic E-state index is 10.3. The molecule has 0 amide bonds. The Morgan fingerprint density at radius 2 is 1.81 bits per heavy atom. The lowest BCUT2D eigenvalue weighted by Crippen LogP contribution is -2.46. The van der Waals surface area contributed by atoms with E-state index in [2.05, 4.69) is 23.6 Å². The van der Waals surface area contributed by atoms with Gasteiger partial charge in [-0.15, -0.1) is 0 Å². The predicted molar refractivity (Wildman–Crippen MR) is 85.8 cm³/mol. The van der Waals surface area contributed by atoms with Gasteiger partial charge >= 0.3 is 0 Å². The second-order valence-electron chi connectivity index (χ2n) is 6.17. The molecular formula is C17H28N2O2. The van der Waals surface area contributed by atoms with Gasteiger partial charge in [-0.25, -0.2) is 0 Å². The van der Waals surface area contributed by atoms with E-state index >= 15 is 0 Å². The van der Waals surface area contributed by atoms with E-state index in [9.17, 15) is 5.11 Å². The molecule has 0 spiro atoms. The maximum absolute atomic E-state index is 10.3. The van der Waals surface area contributed by atoms with Crippen molar-refractivity contribution in [2.75, 3.05) is 39.3 Å². The number of benzene rings is 1. The quantitative estimate of drug-likeness (QED) is 0.874. The minimum absolute atomic E-state index is 0.295. The summed E-state index contributed by atoms with van der Waals surface area (Å²) in [4.78, 5) is 4.93. The Hall–Kier alpha value is -1.26. The summed E-state index contributed by atoms with van der Waals surface area (Å²) in [5.74, 6) is 1.61. The van der Waals surface area contributed by atoms with Crippen molar-refractivity contribution in [1.82, 2.24) is 9.80 Å². The lowest BCUT2D eigenvalue weighted by molar-refractivity contribution is 0.116. The van der Waals surface area contributed by atoms with E-state index in [4.69, 9.17) is 4.74 Å². The number of phenols is 1. The van der Waals surface area contributed by atoms with Gasteiger partial charge in [-0.3, -0.25) is 4.90 Å². The van der Waals surface area contributed by atoms with Crippen molar-refractivity contribution in [2.45, 2.75) is 27.3 Å². The molecule has 0 unspecified atom stereocenters. The molecule has 0 bridgehead atoms. The molecule has 2 rings (SSSR count). The van der Waals surface area contributed by atoms with Crippen molar-refractivity contribution >= 4 is 0 Å². The van der Waals surface area contributed by atoms with Crippen LogP contribution >= 0.6 is 0 Å². The molecule has 1 fully saturated rings. The number of hydrogen-bond acceptors (Lipinski definition) is 4. The average Bonchev–Trinajstić information content (AvgIpc) is 2.45. The van der Waals surface area contributed by atoms with Crippen LogP contribution in [0.3, 0.4) is 0 Å². The van der Waals surface area contributed by atoms with E-state index in [1.54, 1.807) is 0 Å². The molecule has 21 heavy (non-hydrogen) atoms. The topological polar surface area (TPSA) is 35.9 Å². The van der Waals surface area contributed by atoms with Crippen molar-refractivity contribution in [2.24, 2.45) is 5.92 Å². The first-order valence-electron chi connectivity index (χ1n) is 7.98. The highest BCUT2D eigenvalue weighted by Crippen LogP contribution is 2.30. The van der Waals surface area contributed by atoms with Gasteiger partial charge in [0.1, 0.15) is 0 Å². The SMILES string of the molecule is CCOc1cccc(CN2CCN(CC(C)C)CC2)c1O. The van der Waals surface area contributed by atoms with Gasteiger partial charge < -0.3 is 14.7 Å². The summed E-state index contributed by atoms with van der Waals surface area (Å²) in [6.45, 7) is 13.4. The first-order chi connectivity index (χ1) is 10.1. The molecule has 118 valence electrons. The monoisotopic (exact) mass is 292 g/mol. The van der Waals surface area contributed by atoms with Crippen molar-refractivity contribution in [3.63, 3.8) is 0 Å². The first-order valence-corrected chi connectivity index (χ1v) is 7.98. The van der Waals surface area contributed by atoms with Crippen LogP contribution < -0.4 is 4.74 Å². The third-order valence-corrected chi connectivity index (χ3v) is 3.86. The third-order valence-electron chi connectivity index (χ3n) is 3.86. The minimum Gasteiger partial charge on any atom is -0.504 e. The van der Waals surface area contributed by atoms with Crippen LogP contribution in [0.4, 0.5) is 0 Å². The minimum atomic E-state index is 0.295. The summed E-state index contributed by atoms with van der Waals surface area (Å²) in [5, 5.41) is 10.3. The van der Waals surface area contributed by atoms with Crippen LogP contribution in [0.1, 0.15) is 26.3 Å². The Morgan fingerprint density at radius 1 is 1.14 bits per heavy atom. The molecule has 0 aliphatic carbocycles. The molecule has 0 saturated carbocycles. The maximum Gasteiger partial charge on any atom is 0.162 e. The third kappa shape index (κ3) is 4.61. The number of para-hydroxylation sites is 1. The van der Waals surface area contributed by atoms with Crippen molar-refractivity contribution in [3.8, 4) is 11.5 Å². The molecule has 0 atom stereocenters. The Bertz CT molecular complexity index is 440. The zero-order valence-corrected chi connectivity index (χ0v) is 13.5. The average molecular weight is 292 g/mol. The highest BCUT2D eigenvalue weighted by molar-refractivity contribution is 5.45. The van der Waals surface area contributed by atoms with E-state index in [1.165, 1.54) is 6.54 Å². The largest absolute Gasteiger partial charge is 0.504 e. The summed E-state index contributed by atoms with van der Waals surface area (Å²) in [7, 11) is 0. The Kier molecular flexibility index (Phi) is 5.88. The Labute approximate surface area is 128 Å². The number of phenolic OH excluding ortho intramolecular Hbond substituents is 1. The highest BCUT2D eigenvalue weighted by atomic mass is 16.5. The van der Waals surface area contributed by atoms with Crippen LogP contribution in [0, 0.1) is 5.92 Å². The van der Waals surface area contributed by atoms with E-state index in [1.807, 2.05) is 25.1 Å². The number of rotatable bonds is 6. The summed E-state index contributed by atoms with van der Waals surface area (Å²) < 4.78 is 5.45. The van der Waals surface area contributed by atoms with Crippen molar-refractivity contribution < 1.29 is 9.84 Å². The summed E-state index contributed by atoms with van der Waals surface area (Å²) >= 11 is 0. The van der Waals surface area contributed by atoms with Gasteiger partial charge in [0, 0.05) is 44.8 Å². The fraction of sp³-hybridized carbons (Fsp3) is 0.647. The fourth-order valence-electron chi connectivity index (χ4n) is 2.85. The smallest absolute Gasteiger partial charge is 0.162 e. The van der Waals surface area contributed by atoms with E-state index in [0.717, 1.165) is 44.2 Å². The molecule has 1 heterocycles. The van der Waals surface area contributed by atoms with Crippen LogP contribution in [-0.2, 0) is 6.54 Å². The van der Waals surface area contributed by atoms with E-state index in [-0.39, 0.29) is 0 Å². The summed E-state index contributed by atoms with van der Waals surface area (Å²) in [6.07, 6.45) is 0. The van der Waals surface area contributed by atoms with E-state index < -0.39 is 0 Å². The van der Waals surface area contributed by atoms with Gasteiger partial charge in [0.05, 0.1) is 6.61 Å². The Morgan fingerprint density at radius 3 is 2.43 bits per heavy atom. The molecule has 0 radical (unpaired) electrons. The second kappa shape index (κ2) is 7.66. The van der Waals surface area contributed by atoms with Crippen molar-refractivity contribution in [1.29, 1.82) is 0 Å². The van der Waals surface area contributed by atoms with Crippen LogP contribution in [0.2, 0.25) is 0 Å². The number of piperazine rings is 1. The lowest BCUT2D eigenvalue weighted by atomic mass is 10.1. The molecule has 1 aliphatic heterocycles. The van der Waals surface area contributed by atoms with E-state index in [0.29, 0.717) is 18.1 Å². The molecular weight excluding hydrogens is 264 g/mol. The summed E-state index contributed by atoms with van der Waals surface area (Å²) in [6, 6.07) is 5.76. The lowest BCUT2D eigenvalue weighted by Gasteiger charge is -2.35. The molecule has 1 saturated heterocycles. The Balaban J connectivity index is 1.90. The molecule has 1 aromatic carbocycles. The van der Waals surface area contributed by atoms with Gasteiger partial charge in [0.25, 0.3) is 0 Å². The number of nitrogens with zero attached hydrogens (tertiary/aromatic N) is 2. The van der Waals surface area contributed by atoms with Crippen LogP contribution in [-0.4, -0.2) is 54.2 Å². The standard InChI is InChI=1S/C17H28N2O2/c1-4-21-16-7-5-6-15(17(16)20)13-19-10-8-18(9-11-19)12-14(2)3/h5-7,14,20H,4,8-13H2,1-3H3. The van der Waals surface area contributed by atoms with Gasteiger partial charge in [0.2, 0.25) is 0 Å². The molecule has 0 aromatic heterocycles. The highest BCUT2D eigenvalue weighted by Gasteiger charge is 2.19. The zero-order chi connectivity index (χ0) is 15.2. The predicted octanol–water partition coefficient (Wildman–Crippen LogP) is 2.56. The van der Waals surface area contributed by atoms with Crippen LogP contribution in [0.25, 0.3) is 0 Å². The molecule has 1 N–H and O–H groups in total.